The molecule has 6 heterocycles. The van der Waals surface area contributed by atoms with Gasteiger partial charge in [-0.05, 0) is 42.9 Å². The number of carbonyl (C=O) groups is 6. The van der Waals surface area contributed by atoms with Crippen LogP contribution in [-0.4, -0.2) is 130 Å². The second-order valence-corrected chi connectivity index (χ2v) is 15.8. The Bertz CT molecular complexity index is 1400. The van der Waals surface area contributed by atoms with E-state index in [0.717, 1.165) is 32.7 Å². The summed E-state index contributed by atoms with van der Waals surface area (Å²) in [5.41, 5.74) is 4.95. The van der Waals surface area contributed by atoms with Gasteiger partial charge in [0.25, 0.3) is 11.8 Å². The van der Waals surface area contributed by atoms with Crippen LogP contribution in [0.3, 0.4) is 0 Å². The first-order valence-corrected chi connectivity index (χ1v) is 19.8. The molecule has 0 aromatic carbocycles. The molecule has 273 valence electrons. The number of allylic oxidation sites excluding steroid dienone is 2. The maximum absolute atomic E-state index is 11.9. The van der Waals surface area contributed by atoms with Crippen molar-refractivity contribution >= 4 is 93.3 Å². The zero-order valence-electron chi connectivity index (χ0n) is 29.2. The largest absolute Gasteiger partial charge is 0.392 e. The maximum atomic E-state index is 11.9. The summed E-state index contributed by atoms with van der Waals surface area (Å²) in [4.78, 5) is 73.4. The van der Waals surface area contributed by atoms with E-state index >= 15 is 0 Å². The predicted molar refractivity (Wildman–Crippen MR) is 193 cm³/mol. The second kappa shape index (κ2) is 22.1. The molecular weight excluding hydrogens is 1060 g/mol. The number of nitrogens with one attached hydrogen (secondary N) is 3. The first kappa shape index (κ1) is 50.1. The topological polar surface area (TPSA) is 189 Å². The summed E-state index contributed by atoms with van der Waals surface area (Å²) in [6.07, 6.45) is 0. The Labute approximate surface area is 399 Å². The molecule has 0 aromatic heterocycles. The summed E-state index contributed by atoms with van der Waals surface area (Å²) >= 11 is 7.09. The number of rotatable bonds is 6. The third kappa shape index (κ3) is 10.9. The Morgan fingerprint density at radius 1 is 0.745 bits per heavy atom. The van der Waals surface area contributed by atoms with Crippen LogP contribution in [0, 0.1) is 0 Å². The fourth-order valence-electron chi connectivity index (χ4n) is 5.90. The van der Waals surface area contributed by atoms with Crippen LogP contribution >= 0.6 is 57.9 Å². The van der Waals surface area contributed by atoms with Crippen molar-refractivity contribution in [1.82, 2.24) is 30.7 Å². The van der Waals surface area contributed by atoms with Gasteiger partial charge in [-0.1, -0.05) is 22.6 Å². The third-order valence-electron chi connectivity index (χ3n) is 8.69. The zero-order chi connectivity index (χ0) is 35.6. The van der Waals surface area contributed by atoms with Crippen molar-refractivity contribution in [2.24, 2.45) is 0 Å². The Balaban J connectivity index is 0.000000372. The van der Waals surface area contributed by atoms with Crippen LogP contribution in [0.2, 0.25) is 0 Å². The number of aliphatic hydroxyl groups is 2. The normalized spacial score (nSPS) is 28.3. The molecule has 51 heavy (non-hydrogen) atoms. The quantitative estimate of drug-likeness (QED) is 0.141. The van der Waals surface area contributed by atoms with Gasteiger partial charge in [0, 0.05) is 146 Å². The standard InChI is InChI=1S/C10H13IN2O2S.2C10H14N2O3S.3Y/c1-5-7(3-11)4-16-10-8(12-6(2)14)9(15)13(5)10;2*1-5-7(3-13)4-16-10-8(11-6(2)14)9(15)12(5)10;;;/h8,10H,3-4H2,1-2H3,(H,12,14);8,10,13H,3-4H2,1-2H3,(H,11,14);4-5,8,10,13H,3H2,1-2H3,(H,11,14);;;. The van der Waals surface area contributed by atoms with Crippen molar-refractivity contribution in [3.05, 3.63) is 33.5 Å². The van der Waals surface area contributed by atoms with Crippen LogP contribution in [0.1, 0.15) is 41.5 Å². The van der Waals surface area contributed by atoms with Gasteiger partial charge in [-0.3, -0.25) is 38.6 Å². The Hall–Kier alpha value is 1.05. The number of aliphatic hydroxyl groups excluding tert-OH is 2. The van der Waals surface area contributed by atoms with Gasteiger partial charge in [-0.25, -0.2) is 0 Å². The van der Waals surface area contributed by atoms with E-state index in [2.05, 4.69) is 38.5 Å². The van der Waals surface area contributed by atoms with Crippen LogP contribution in [0.5, 0.6) is 0 Å². The fourth-order valence-corrected chi connectivity index (χ4v) is 11.4. The summed E-state index contributed by atoms with van der Waals surface area (Å²) in [5, 5.41) is 28.1. The monoisotopic (exact) mass is 1100 g/mol. The van der Waals surface area contributed by atoms with Gasteiger partial charge in [0.1, 0.15) is 34.2 Å². The molecular formula is C30H41IN6O8S3Y3. The van der Waals surface area contributed by atoms with Crippen molar-refractivity contribution < 1.29 is 137 Å². The Morgan fingerprint density at radius 2 is 1.16 bits per heavy atom. The Morgan fingerprint density at radius 3 is 1.55 bits per heavy atom. The first-order chi connectivity index (χ1) is 22.7. The van der Waals surface area contributed by atoms with Crippen molar-refractivity contribution in [3.8, 4) is 0 Å². The number of amides is 6. The van der Waals surface area contributed by atoms with Crippen molar-refractivity contribution in [1.29, 1.82) is 0 Å². The molecule has 6 amide bonds. The molecule has 0 saturated carbocycles. The molecule has 21 heteroatoms. The van der Waals surface area contributed by atoms with Gasteiger partial charge in [0.05, 0.1) is 19.3 Å². The van der Waals surface area contributed by atoms with E-state index in [1.165, 1.54) is 38.1 Å². The smallest absolute Gasteiger partial charge is 0.253 e. The number of alkyl halides is 1. The molecule has 0 bridgehead atoms. The van der Waals surface area contributed by atoms with Gasteiger partial charge < -0.3 is 31.1 Å². The molecule has 0 spiro atoms. The molecule has 6 aliphatic rings. The first-order valence-electron chi connectivity index (χ1n) is 15.2. The molecule has 6 aliphatic heterocycles. The van der Waals surface area contributed by atoms with E-state index in [1.54, 1.807) is 33.3 Å². The van der Waals surface area contributed by atoms with Crippen LogP contribution in [0.15, 0.2) is 33.5 Å². The summed E-state index contributed by atoms with van der Waals surface area (Å²) in [7, 11) is 0. The van der Waals surface area contributed by atoms with Crippen LogP contribution in [0.25, 0.3) is 0 Å². The van der Waals surface area contributed by atoms with Crippen LogP contribution in [-0.2, 0) is 127 Å². The van der Waals surface area contributed by atoms with Crippen molar-refractivity contribution in [2.75, 3.05) is 29.1 Å². The number of nitrogens with zero attached hydrogens (tertiary/aromatic N) is 3. The number of halogens is 1. The molecule has 3 fully saturated rings. The summed E-state index contributed by atoms with van der Waals surface area (Å²) < 4.78 is 0.956. The number of carbonyl (C=O) groups excluding carboxylic acids is 6. The summed E-state index contributed by atoms with van der Waals surface area (Å²) in [6.45, 7) is 9.92. The van der Waals surface area contributed by atoms with Gasteiger partial charge in [-0.2, -0.15) is 0 Å². The van der Waals surface area contributed by atoms with Crippen LogP contribution in [0.4, 0.5) is 0 Å². The van der Waals surface area contributed by atoms with E-state index in [-0.39, 0.29) is 175 Å². The molecule has 6 rings (SSSR count). The molecule has 3 saturated heterocycles. The van der Waals surface area contributed by atoms with Crippen LogP contribution < -0.4 is 16.0 Å². The number of β-lactam (4-membered cyclic amide) rings is 3. The minimum Gasteiger partial charge on any atom is -0.392 e. The SMILES string of the molecule is CC(=O)NC1C(=O)N2C(C)=C(CI)CSC12.CC(=O)NC1C(=O)N2C(C)=C(CO)CSC12.CC(=O)NC1C(=O)N2C(C)C(CO)=CSC12.[Y].[Y].[Y]. The van der Waals surface area contributed by atoms with E-state index in [1.807, 2.05) is 31.1 Å². The average molecular weight is 1100 g/mol. The number of hydrogen-bond acceptors (Lipinski definition) is 11. The van der Waals surface area contributed by atoms with Crippen molar-refractivity contribution in [2.45, 2.75) is 81.8 Å². The van der Waals surface area contributed by atoms with Gasteiger partial charge in [-0.15, -0.1) is 35.3 Å². The number of thioether (sulfide) groups is 3. The Kier molecular flexibility index (Phi) is 21.7. The molecule has 7 unspecified atom stereocenters. The number of hydrogen-bond donors (Lipinski definition) is 5. The molecule has 14 nitrogen and oxygen atoms in total. The minimum atomic E-state index is -0.415. The predicted octanol–water partition coefficient (Wildman–Crippen LogP) is 0.451. The molecule has 0 aromatic rings. The van der Waals surface area contributed by atoms with Crippen molar-refractivity contribution in [3.63, 3.8) is 0 Å². The zero-order valence-corrected chi connectivity index (χ0v) is 42.3. The van der Waals surface area contributed by atoms with E-state index < -0.39 is 12.1 Å². The second-order valence-electron chi connectivity index (χ2n) is 11.8. The molecule has 0 aliphatic carbocycles. The van der Waals surface area contributed by atoms with Gasteiger partial charge in [0.2, 0.25) is 23.6 Å². The van der Waals surface area contributed by atoms with E-state index in [4.69, 9.17) is 10.2 Å². The maximum Gasteiger partial charge on any atom is 0.253 e. The number of fused-ring (bicyclic) bond motifs is 3. The molecule has 3 radical (unpaired) electrons. The van der Waals surface area contributed by atoms with E-state index in [0.29, 0.717) is 5.75 Å². The third-order valence-corrected chi connectivity index (χ3v) is 13.5. The average Bonchev–Trinajstić information content (AvgIpc) is 3.04. The van der Waals surface area contributed by atoms with Gasteiger partial charge >= 0.3 is 0 Å². The minimum absolute atomic E-state index is 0. The summed E-state index contributed by atoms with van der Waals surface area (Å²) in [6, 6.07) is -1.22. The molecule has 7 atom stereocenters. The summed E-state index contributed by atoms with van der Waals surface area (Å²) in [5.74, 6) is 1.02. The fraction of sp³-hybridized carbons (Fsp3) is 0.600. The molecule has 5 N–H and O–H groups in total. The van der Waals surface area contributed by atoms with Gasteiger partial charge in [0.15, 0.2) is 0 Å². The van der Waals surface area contributed by atoms with E-state index in [9.17, 15) is 28.8 Å².